The number of hydrogen-bond donors (Lipinski definition) is 1. The number of amides is 1. The maximum atomic E-state index is 13.3. The highest BCUT2D eigenvalue weighted by molar-refractivity contribution is 5.97. The molecule has 0 bridgehead atoms. The average molecular weight is 420 g/mol. The molecule has 3 rings (SSSR count). The molecule has 1 N–H and O–H groups in total. The van der Waals surface area contributed by atoms with Crippen molar-refractivity contribution in [2.24, 2.45) is 0 Å². The zero-order chi connectivity index (χ0) is 22.5. The van der Waals surface area contributed by atoms with Gasteiger partial charge in [-0.2, -0.15) is 10.4 Å². The van der Waals surface area contributed by atoms with Gasteiger partial charge < -0.3 is 10.1 Å². The van der Waals surface area contributed by atoms with Crippen LogP contribution in [0.15, 0.2) is 48.5 Å². The Morgan fingerprint density at radius 2 is 1.94 bits per heavy atom. The lowest BCUT2D eigenvalue weighted by atomic mass is 10.0. The zero-order valence-corrected chi connectivity index (χ0v) is 17.3. The van der Waals surface area contributed by atoms with Gasteiger partial charge in [-0.3, -0.25) is 4.79 Å². The summed E-state index contributed by atoms with van der Waals surface area (Å²) in [6.45, 7) is 5.29. The Kier molecular flexibility index (Phi) is 6.46. The van der Waals surface area contributed by atoms with Gasteiger partial charge in [-0.15, -0.1) is 0 Å². The summed E-state index contributed by atoms with van der Waals surface area (Å²) in [5, 5.41) is 16.3. The summed E-state index contributed by atoms with van der Waals surface area (Å²) in [4.78, 5) is 25.6. The summed E-state index contributed by atoms with van der Waals surface area (Å²) in [7, 11) is 0. The number of benzene rings is 2. The van der Waals surface area contributed by atoms with E-state index in [9.17, 15) is 14.0 Å². The third kappa shape index (κ3) is 4.61. The molecule has 1 amide bonds. The third-order valence-corrected chi connectivity index (χ3v) is 4.76. The van der Waals surface area contributed by atoms with Crippen molar-refractivity contribution in [3.05, 3.63) is 82.4 Å². The van der Waals surface area contributed by atoms with E-state index in [1.807, 2.05) is 6.07 Å². The Morgan fingerprint density at radius 1 is 1.23 bits per heavy atom. The molecule has 1 atom stereocenters. The predicted molar refractivity (Wildman–Crippen MR) is 111 cm³/mol. The lowest BCUT2D eigenvalue weighted by Gasteiger charge is -2.18. The molecule has 7 nitrogen and oxygen atoms in total. The minimum absolute atomic E-state index is 0.138. The molecule has 8 heteroatoms. The Morgan fingerprint density at radius 3 is 2.58 bits per heavy atom. The topological polar surface area (TPSA) is 97.0 Å². The number of nitriles is 1. The van der Waals surface area contributed by atoms with Gasteiger partial charge in [0.2, 0.25) is 0 Å². The molecule has 1 aromatic heterocycles. The standard InChI is InChI=1S/C23H21FN4O3/c1-4-31-23(30)21(26-22(29)17-7-5-6-16(12-17)13-25)20-14(2)27-28(15(20)3)19-10-8-18(24)9-11-19/h5-12,21H,4H2,1-3H3,(H,26,29)/t21-/m0/s1. The lowest BCUT2D eigenvalue weighted by Crippen LogP contribution is -2.35. The zero-order valence-electron chi connectivity index (χ0n) is 17.3. The maximum absolute atomic E-state index is 13.3. The molecule has 3 aromatic rings. The van der Waals surface area contributed by atoms with Crippen LogP contribution in [0, 0.1) is 31.0 Å². The van der Waals surface area contributed by atoms with Crippen molar-refractivity contribution in [3.8, 4) is 11.8 Å². The van der Waals surface area contributed by atoms with Crippen LogP contribution in [0.4, 0.5) is 4.39 Å². The second-order valence-corrected chi connectivity index (χ2v) is 6.82. The van der Waals surface area contributed by atoms with Crippen LogP contribution in [0.3, 0.4) is 0 Å². The summed E-state index contributed by atoms with van der Waals surface area (Å²) in [6.07, 6.45) is 0. The SMILES string of the molecule is CCOC(=O)[C@@H](NC(=O)c1cccc(C#N)c1)c1c(C)nn(-c2ccc(F)cc2)c1C. The summed E-state index contributed by atoms with van der Waals surface area (Å²) >= 11 is 0. The van der Waals surface area contributed by atoms with Crippen LogP contribution < -0.4 is 5.32 Å². The Balaban J connectivity index is 2.01. The second-order valence-electron chi connectivity index (χ2n) is 6.82. The number of aryl methyl sites for hydroxylation is 1. The number of halogens is 1. The maximum Gasteiger partial charge on any atom is 0.333 e. The fraction of sp³-hybridized carbons (Fsp3) is 0.217. The van der Waals surface area contributed by atoms with E-state index in [1.165, 1.54) is 18.2 Å². The number of carbonyl (C=O) groups is 2. The van der Waals surface area contributed by atoms with E-state index < -0.39 is 17.9 Å². The minimum atomic E-state index is -1.10. The van der Waals surface area contributed by atoms with Gasteiger partial charge in [0.1, 0.15) is 5.82 Å². The minimum Gasteiger partial charge on any atom is -0.464 e. The fourth-order valence-corrected chi connectivity index (χ4v) is 3.33. The number of hydrogen-bond acceptors (Lipinski definition) is 5. The normalized spacial score (nSPS) is 11.5. The van der Waals surface area contributed by atoms with Crippen molar-refractivity contribution in [1.82, 2.24) is 15.1 Å². The summed E-state index contributed by atoms with van der Waals surface area (Å²) in [5.74, 6) is -1.53. The van der Waals surface area contributed by atoms with Crippen molar-refractivity contribution >= 4 is 11.9 Å². The first-order valence-electron chi connectivity index (χ1n) is 9.65. The second kappa shape index (κ2) is 9.22. The first-order valence-corrected chi connectivity index (χ1v) is 9.65. The van der Waals surface area contributed by atoms with Gasteiger partial charge in [-0.1, -0.05) is 6.07 Å². The first kappa shape index (κ1) is 21.7. The Labute approximate surface area is 179 Å². The molecular weight excluding hydrogens is 399 g/mol. The van der Waals surface area contributed by atoms with E-state index in [-0.39, 0.29) is 18.0 Å². The van der Waals surface area contributed by atoms with E-state index in [0.717, 1.165) is 0 Å². The van der Waals surface area contributed by atoms with Crippen LogP contribution in [-0.4, -0.2) is 28.3 Å². The van der Waals surface area contributed by atoms with Crippen molar-refractivity contribution < 1.29 is 18.7 Å². The average Bonchev–Trinajstić information content (AvgIpc) is 3.06. The smallest absolute Gasteiger partial charge is 0.333 e. The van der Waals surface area contributed by atoms with Crippen molar-refractivity contribution in [2.75, 3.05) is 6.61 Å². The van der Waals surface area contributed by atoms with Crippen LogP contribution in [-0.2, 0) is 9.53 Å². The highest BCUT2D eigenvalue weighted by Gasteiger charge is 2.30. The molecule has 1 heterocycles. The highest BCUT2D eigenvalue weighted by atomic mass is 19.1. The number of nitrogens with one attached hydrogen (secondary N) is 1. The van der Waals surface area contributed by atoms with Gasteiger partial charge in [-0.05, 0) is 63.2 Å². The van der Waals surface area contributed by atoms with Gasteiger partial charge in [0.05, 0.1) is 29.6 Å². The fourth-order valence-electron chi connectivity index (χ4n) is 3.33. The van der Waals surface area contributed by atoms with Gasteiger partial charge >= 0.3 is 5.97 Å². The molecule has 2 aromatic carbocycles. The third-order valence-electron chi connectivity index (χ3n) is 4.76. The summed E-state index contributed by atoms with van der Waals surface area (Å²) < 4.78 is 20.1. The molecule has 0 saturated carbocycles. The molecule has 0 aliphatic heterocycles. The van der Waals surface area contributed by atoms with Gasteiger partial charge in [0.25, 0.3) is 5.91 Å². The Hall–Kier alpha value is -3.99. The molecule has 0 aliphatic rings. The van der Waals surface area contributed by atoms with Gasteiger partial charge in [-0.25, -0.2) is 13.9 Å². The molecule has 0 aliphatic carbocycles. The molecule has 158 valence electrons. The quantitative estimate of drug-likeness (QED) is 0.616. The summed E-state index contributed by atoms with van der Waals surface area (Å²) in [6, 6.07) is 12.8. The van der Waals surface area contributed by atoms with E-state index in [4.69, 9.17) is 10.00 Å². The van der Waals surface area contributed by atoms with Crippen LogP contribution >= 0.6 is 0 Å². The Bertz CT molecular complexity index is 1160. The van der Waals surface area contributed by atoms with Crippen LogP contribution in [0.25, 0.3) is 5.69 Å². The largest absolute Gasteiger partial charge is 0.464 e. The number of rotatable bonds is 6. The van der Waals surface area contributed by atoms with Gasteiger partial charge in [0, 0.05) is 16.8 Å². The number of carbonyl (C=O) groups excluding carboxylic acids is 2. The molecule has 0 saturated heterocycles. The number of aromatic nitrogens is 2. The van der Waals surface area contributed by atoms with Crippen molar-refractivity contribution in [1.29, 1.82) is 5.26 Å². The summed E-state index contributed by atoms with van der Waals surface area (Å²) in [5.41, 5.74) is 2.81. The molecule has 0 unspecified atom stereocenters. The van der Waals surface area contributed by atoms with Crippen LogP contribution in [0.2, 0.25) is 0 Å². The van der Waals surface area contributed by atoms with E-state index in [0.29, 0.717) is 28.2 Å². The highest BCUT2D eigenvalue weighted by Crippen LogP contribution is 2.26. The molecular formula is C23H21FN4O3. The van der Waals surface area contributed by atoms with E-state index >= 15 is 0 Å². The predicted octanol–water partition coefficient (Wildman–Crippen LogP) is 3.53. The lowest BCUT2D eigenvalue weighted by molar-refractivity contribution is -0.145. The first-order chi connectivity index (χ1) is 14.8. The van der Waals surface area contributed by atoms with Crippen molar-refractivity contribution in [2.45, 2.75) is 26.8 Å². The van der Waals surface area contributed by atoms with Crippen LogP contribution in [0.1, 0.15) is 45.8 Å². The molecule has 0 spiro atoms. The van der Waals surface area contributed by atoms with Gasteiger partial charge in [0.15, 0.2) is 6.04 Å². The van der Waals surface area contributed by atoms with Crippen LogP contribution in [0.5, 0.6) is 0 Å². The molecule has 0 fully saturated rings. The van der Waals surface area contributed by atoms with Crippen molar-refractivity contribution in [3.63, 3.8) is 0 Å². The van der Waals surface area contributed by atoms with E-state index in [2.05, 4.69) is 10.4 Å². The number of nitrogens with zero attached hydrogens (tertiary/aromatic N) is 3. The number of esters is 1. The molecule has 31 heavy (non-hydrogen) atoms. The number of ether oxygens (including phenoxy) is 1. The van der Waals surface area contributed by atoms with E-state index in [1.54, 1.807) is 55.8 Å². The molecule has 0 radical (unpaired) electrons. The monoisotopic (exact) mass is 420 g/mol.